The zero-order chi connectivity index (χ0) is 18.6. The Hall–Kier alpha value is -2.76. The van der Waals surface area contributed by atoms with Gasteiger partial charge in [0, 0.05) is 17.6 Å². The minimum absolute atomic E-state index is 0.178. The van der Waals surface area contributed by atoms with E-state index in [0.717, 1.165) is 5.69 Å². The summed E-state index contributed by atoms with van der Waals surface area (Å²) in [6.07, 6.45) is 1.74. The van der Waals surface area contributed by atoms with Crippen LogP contribution in [0, 0.1) is 6.92 Å². The van der Waals surface area contributed by atoms with Crippen molar-refractivity contribution in [3.05, 3.63) is 47.5 Å². The molecule has 2 aromatic heterocycles. The molecule has 1 N–H and O–H groups in total. The second-order valence-electron chi connectivity index (χ2n) is 5.65. The molecule has 0 fully saturated rings. The summed E-state index contributed by atoms with van der Waals surface area (Å²) in [5.74, 6) is -0.0175. The van der Waals surface area contributed by atoms with Gasteiger partial charge in [0.05, 0.1) is 5.69 Å². The van der Waals surface area contributed by atoms with Crippen LogP contribution in [0.4, 0.5) is 0 Å². The topological polar surface area (TPSA) is 77.5 Å². The number of rotatable bonds is 5. The Kier molecular flexibility index (Phi) is 5.85. The van der Waals surface area contributed by atoms with Gasteiger partial charge < -0.3 is 14.3 Å². The van der Waals surface area contributed by atoms with Crippen LogP contribution in [0.1, 0.15) is 55.5 Å². The largest absolute Gasteiger partial charge is 0.487 e. The summed E-state index contributed by atoms with van der Waals surface area (Å²) in [7, 11) is 0. The Labute approximate surface area is 147 Å². The number of hydrogen-bond donors (Lipinski definition) is 1. The Balaban J connectivity index is 0.00000109. The van der Waals surface area contributed by atoms with Crippen molar-refractivity contribution in [2.45, 2.75) is 47.3 Å². The molecule has 0 bridgehead atoms. The van der Waals surface area contributed by atoms with Gasteiger partial charge in [0.2, 0.25) is 0 Å². The quantitative estimate of drug-likeness (QED) is 0.718. The van der Waals surface area contributed by atoms with E-state index in [9.17, 15) is 9.90 Å². The van der Waals surface area contributed by atoms with Gasteiger partial charge in [-0.1, -0.05) is 13.8 Å². The number of nitrogens with zero attached hydrogens (tertiary/aromatic N) is 2. The monoisotopic (exact) mass is 344 g/mol. The Morgan fingerprint density at radius 3 is 2.68 bits per heavy atom. The summed E-state index contributed by atoms with van der Waals surface area (Å²) in [4.78, 5) is 11.4. The van der Waals surface area contributed by atoms with Crippen molar-refractivity contribution >= 4 is 16.9 Å². The number of carboxylic acid groups (broad SMARTS) is 1. The van der Waals surface area contributed by atoms with Gasteiger partial charge in [-0.05, 0) is 45.0 Å². The first-order valence-corrected chi connectivity index (χ1v) is 8.39. The molecular formula is C19H24N2O4. The highest BCUT2D eigenvalue weighted by Gasteiger charge is 2.18. The average molecular weight is 344 g/mol. The number of benzene rings is 1. The van der Waals surface area contributed by atoms with Crippen LogP contribution in [0.5, 0.6) is 5.75 Å². The number of aromatic nitrogens is 2. The van der Waals surface area contributed by atoms with Crippen LogP contribution in [0.15, 0.2) is 34.9 Å². The molecule has 0 amide bonds. The van der Waals surface area contributed by atoms with Gasteiger partial charge in [-0.25, -0.2) is 4.79 Å². The Morgan fingerprint density at radius 1 is 1.32 bits per heavy atom. The molecule has 0 saturated heterocycles. The van der Waals surface area contributed by atoms with Crippen molar-refractivity contribution < 1.29 is 19.1 Å². The Bertz CT molecular complexity index is 862. The van der Waals surface area contributed by atoms with Gasteiger partial charge in [-0.15, -0.1) is 0 Å². The third-order valence-electron chi connectivity index (χ3n) is 3.68. The molecule has 6 nitrogen and oxygen atoms in total. The third-order valence-corrected chi connectivity index (χ3v) is 3.68. The molecule has 134 valence electrons. The summed E-state index contributed by atoms with van der Waals surface area (Å²) >= 11 is 0. The Morgan fingerprint density at radius 2 is 2.04 bits per heavy atom. The summed E-state index contributed by atoms with van der Waals surface area (Å²) in [6, 6.07) is 7.35. The van der Waals surface area contributed by atoms with E-state index >= 15 is 0 Å². The van der Waals surface area contributed by atoms with E-state index < -0.39 is 5.97 Å². The maximum Gasteiger partial charge on any atom is 0.339 e. The molecule has 0 aliphatic carbocycles. The smallest absolute Gasteiger partial charge is 0.339 e. The van der Waals surface area contributed by atoms with E-state index in [1.165, 1.54) is 0 Å². The molecule has 3 aromatic rings. The molecule has 2 heterocycles. The van der Waals surface area contributed by atoms with Gasteiger partial charge in [-0.2, -0.15) is 5.10 Å². The van der Waals surface area contributed by atoms with Crippen molar-refractivity contribution in [1.82, 2.24) is 9.78 Å². The fraction of sp³-hybridized carbons (Fsp3) is 0.368. The fourth-order valence-electron chi connectivity index (χ4n) is 2.63. The van der Waals surface area contributed by atoms with E-state index in [0.29, 0.717) is 29.1 Å². The van der Waals surface area contributed by atoms with Crippen LogP contribution in [-0.4, -0.2) is 20.9 Å². The predicted octanol–water partition coefficient (Wildman–Crippen LogP) is 4.82. The highest BCUT2D eigenvalue weighted by molar-refractivity contribution is 6.03. The van der Waals surface area contributed by atoms with Crippen molar-refractivity contribution in [2.24, 2.45) is 0 Å². The SMILES string of the molecule is CC.Cc1oc2ccc(OCc3ccnn3C(C)C)cc2c1C(=O)O. The van der Waals surface area contributed by atoms with Crippen molar-refractivity contribution in [1.29, 1.82) is 0 Å². The lowest BCUT2D eigenvalue weighted by Crippen LogP contribution is -2.09. The lowest BCUT2D eigenvalue weighted by Gasteiger charge is -2.12. The number of aryl methyl sites for hydroxylation is 1. The third kappa shape index (κ3) is 3.84. The zero-order valence-electron chi connectivity index (χ0n) is 15.2. The van der Waals surface area contributed by atoms with Crippen LogP contribution in [0.2, 0.25) is 0 Å². The number of ether oxygens (including phenoxy) is 1. The standard InChI is InChI=1S/C17H18N2O4.C2H6/c1-10(2)19-12(6-7-18-19)9-22-13-4-5-15-14(8-13)16(17(20)21)11(3)23-15;1-2/h4-8,10H,9H2,1-3H3,(H,20,21);1-2H3. The predicted molar refractivity (Wildman–Crippen MR) is 96.2 cm³/mol. The van der Waals surface area contributed by atoms with Crippen LogP contribution < -0.4 is 4.74 Å². The molecule has 6 heteroatoms. The average Bonchev–Trinajstić information content (AvgIpc) is 3.17. The first kappa shape index (κ1) is 18.6. The molecule has 0 atom stereocenters. The molecule has 0 unspecified atom stereocenters. The van der Waals surface area contributed by atoms with Crippen LogP contribution >= 0.6 is 0 Å². The van der Waals surface area contributed by atoms with Crippen LogP contribution in [-0.2, 0) is 6.61 Å². The fourth-order valence-corrected chi connectivity index (χ4v) is 2.63. The van der Waals surface area contributed by atoms with Gasteiger partial charge in [-0.3, -0.25) is 4.68 Å². The number of furan rings is 1. The van der Waals surface area contributed by atoms with Crippen LogP contribution in [0.3, 0.4) is 0 Å². The first-order chi connectivity index (χ1) is 12.0. The summed E-state index contributed by atoms with van der Waals surface area (Å²) < 4.78 is 13.2. The summed E-state index contributed by atoms with van der Waals surface area (Å²) in [5.41, 5.74) is 1.68. The summed E-state index contributed by atoms with van der Waals surface area (Å²) in [6.45, 7) is 10.1. The highest BCUT2D eigenvalue weighted by atomic mass is 16.5. The van der Waals surface area contributed by atoms with Crippen LogP contribution in [0.25, 0.3) is 11.0 Å². The van der Waals surface area contributed by atoms with Gasteiger partial charge in [0.15, 0.2) is 0 Å². The molecule has 0 spiro atoms. The van der Waals surface area contributed by atoms with Crippen molar-refractivity contribution in [3.8, 4) is 5.75 Å². The molecule has 1 aromatic carbocycles. The molecule has 0 radical (unpaired) electrons. The van der Waals surface area contributed by atoms with E-state index in [-0.39, 0.29) is 11.6 Å². The number of fused-ring (bicyclic) bond motifs is 1. The highest BCUT2D eigenvalue weighted by Crippen LogP contribution is 2.29. The van der Waals surface area contributed by atoms with Gasteiger partial charge in [0.1, 0.15) is 29.3 Å². The minimum Gasteiger partial charge on any atom is -0.487 e. The first-order valence-electron chi connectivity index (χ1n) is 8.39. The summed E-state index contributed by atoms with van der Waals surface area (Å²) in [5, 5.41) is 14.1. The molecule has 3 rings (SSSR count). The number of hydrogen-bond acceptors (Lipinski definition) is 4. The molecule has 0 aliphatic rings. The lowest BCUT2D eigenvalue weighted by atomic mass is 10.1. The molecular weight excluding hydrogens is 320 g/mol. The number of carboxylic acids is 1. The van der Waals surface area contributed by atoms with E-state index in [4.69, 9.17) is 9.15 Å². The van der Waals surface area contributed by atoms with E-state index in [1.54, 1.807) is 31.3 Å². The maximum absolute atomic E-state index is 11.4. The molecule has 25 heavy (non-hydrogen) atoms. The van der Waals surface area contributed by atoms with E-state index in [1.807, 2.05) is 24.6 Å². The normalized spacial score (nSPS) is 10.6. The minimum atomic E-state index is -1.00. The van der Waals surface area contributed by atoms with E-state index in [2.05, 4.69) is 18.9 Å². The van der Waals surface area contributed by atoms with Crippen molar-refractivity contribution in [3.63, 3.8) is 0 Å². The number of aromatic carboxylic acids is 1. The number of carbonyl (C=O) groups is 1. The molecule has 0 aliphatic heterocycles. The van der Waals surface area contributed by atoms with Crippen molar-refractivity contribution in [2.75, 3.05) is 0 Å². The molecule has 0 saturated carbocycles. The zero-order valence-corrected chi connectivity index (χ0v) is 15.2. The van der Waals surface area contributed by atoms with Gasteiger partial charge >= 0.3 is 5.97 Å². The second-order valence-corrected chi connectivity index (χ2v) is 5.65. The maximum atomic E-state index is 11.4. The second kappa shape index (κ2) is 7.88. The lowest BCUT2D eigenvalue weighted by molar-refractivity contribution is 0.0697. The van der Waals surface area contributed by atoms with Gasteiger partial charge in [0.25, 0.3) is 0 Å².